The largest absolute Gasteiger partial charge is 0.371 e. The first kappa shape index (κ1) is 7.91. The molecular weight excluding hydrogens is 184 g/mol. The molecule has 0 aromatic heterocycles. The summed E-state index contributed by atoms with van der Waals surface area (Å²) in [6.45, 7) is 2.01. The summed E-state index contributed by atoms with van der Waals surface area (Å²) in [7, 11) is 0. The number of amidine groups is 1. The molecule has 1 aliphatic heterocycles. The van der Waals surface area contributed by atoms with Crippen LogP contribution in [0.25, 0.3) is 0 Å². The van der Waals surface area contributed by atoms with Crippen molar-refractivity contribution in [3.05, 3.63) is 35.4 Å². The van der Waals surface area contributed by atoms with Crippen LogP contribution in [0, 0.1) is 5.41 Å². The number of nitrogens with zero attached hydrogens (tertiary/aromatic N) is 1. The third-order valence-electron chi connectivity index (χ3n) is 4.16. The Balaban J connectivity index is 1.77. The van der Waals surface area contributed by atoms with E-state index in [-0.39, 0.29) is 0 Å². The fourth-order valence-corrected chi connectivity index (χ4v) is 3.36. The fourth-order valence-electron chi connectivity index (χ4n) is 3.36. The highest BCUT2D eigenvalue weighted by atomic mass is 15.1. The quantitative estimate of drug-likeness (QED) is 0.730. The number of nitrogens with one attached hydrogen (secondary N) is 1. The smallest absolute Gasteiger partial charge is 0.104 e. The van der Waals surface area contributed by atoms with Crippen LogP contribution in [-0.2, 0) is 6.42 Å². The van der Waals surface area contributed by atoms with Gasteiger partial charge in [0.25, 0.3) is 0 Å². The number of benzene rings is 1. The molecule has 2 nitrogen and oxygen atoms in total. The molecule has 2 unspecified atom stereocenters. The summed E-state index contributed by atoms with van der Waals surface area (Å²) in [5, 5.41) is 3.47. The second kappa shape index (κ2) is 2.43. The average molecular weight is 198 g/mol. The third kappa shape index (κ3) is 0.876. The van der Waals surface area contributed by atoms with E-state index in [9.17, 15) is 0 Å². The number of aliphatic imine (C=N–C) groups is 1. The van der Waals surface area contributed by atoms with Gasteiger partial charge < -0.3 is 5.32 Å². The van der Waals surface area contributed by atoms with Crippen molar-refractivity contribution in [2.45, 2.75) is 18.8 Å². The second-order valence-corrected chi connectivity index (χ2v) is 4.95. The number of rotatable bonds is 1. The zero-order valence-electron chi connectivity index (χ0n) is 8.66. The van der Waals surface area contributed by atoms with Crippen molar-refractivity contribution in [3.8, 4) is 0 Å². The maximum atomic E-state index is 4.62. The molecule has 15 heavy (non-hydrogen) atoms. The van der Waals surface area contributed by atoms with Gasteiger partial charge in [-0.25, -0.2) is 0 Å². The van der Waals surface area contributed by atoms with Gasteiger partial charge in [0.2, 0.25) is 0 Å². The first-order valence-corrected chi connectivity index (χ1v) is 5.77. The minimum Gasteiger partial charge on any atom is -0.371 e. The van der Waals surface area contributed by atoms with Crippen molar-refractivity contribution in [1.82, 2.24) is 5.32 Å². The van der Waals surface area contributed by atoms with Gasteiger partial charge in [-0.15, -0.1) is 0 Å². The molecule has 1 saturated carbocycles. The van der Waals surface area contributed by atoms with Crippen molar-refractivity contribution >= 4 is 5.84 Å². The molecule has 0 amide bonds. The molecule has 0 radical (unpaired) electrons. The van der Waals surface area contributed by atoms with Gasteiger partial charge in [-0.3, -0.25) is 4.99 Å². The Labute approximate surface area is 89.4 Å². The van der Waals surface area contributed by atoms with Crippen molar-refractivity contribution in [2.24, 2.45) is 10.4 Å². The summed E-state index contributed by atoms with van der Waals surface area (Å²) < 4.78 is 0. The molecule has 2 aliphatic carbocycles. The van der Waals surface area contributed by atoms with Crippen molar-refractivity contribution in [1.29, 1.82) is 0 Å². The Bertz CT molecular complexity index is 463. The molecule has 1 N–H and O–H groups in total. The highest BCUT2D eigenvalue weighted by Crippen LogP contribution is 2.67. The molecule has 1 fully saturated rings. The van der Waals surface area contributed by atoms with Crippen LogP contribution in [0.5, 0.6) is 0 Å². The standard InChI is InChI=1S/C13H14N2/c1-2-4-10-9(3-1)7-13(8-11(10)13)12-14-5-6-15-12/h1-4,11H,5-8H2,(H,14,15). The molecule has 4 rings (SSSR count). The molecular formula is C13H14N2. The van der Waals surface area contributed by atoms with Crippen molar-refractivity contribution in [2.75, 3.05) is 13.1 Å². The van der Waals surface area contributed by atoms with E-state index in [1.54, 1.807) is 11.1 Å². The Kier molecular flexibility index (Phi) is 1.28. The number of fused-ring (bicyclic) bond motifs is 3. The predicted octanol–water partition coefficient (Wildman–Crippen LogP) is 1.72. The van der Waals surface area contributed by atoms with Gasteiger partial charge >= 0.3 is 0 Å². The maximum Gasteiger partial charge on any atom is 0.104 e. The van der Waals surface area contributed by atoms with Crippen LogP contribution in [0.2, 0.25) is 0 Å². The lowest BCUT2D eigenvalue weighted by molar-refractivity contribution is 0.687. The van der Waals surface area contributed by atoms with E-state index in [0.29, 0.717) is 5.41 Å². The molecule has 0 saturated heterocycles. The highest BCUT2D eigenvalue weighted by molar-refractivity contribution is 5.95. The number of hydrogen-bond acceptors (Lipinski definition) is 2. The van der Waals surface area contributed by atoms with Crippen LogP contribution in [0.1, 0.15) is 23.5 Å². The van der Waals surface area contributed by atoms with Crippen LogP contribution >= 0.6 is 0 Å². The third-order valence-corrected chi connectivity index (χ3v) is 4.16. The number of hydrogen-bond donors (Lipinski definition) is 1. The molecule has 1 aromatic rings. The van der Waals surface area contributed by atoms with Crippen molar-refractivity contribution in [3.63, 3.8) is 0 Å². The van der Waals surface area contributed by atoms with Gasteiger partial charge in [-0.05, 0) is 29.9 Å². The van der Waals surface area contributed by atoms with E-state index in [1.165, 1.54) is 18.7 Å². The SMILES string of the molecule is c1ccc2c(c1)CC1(C3=NCCN3)CC21. The zero-order chi connectivity index (χ0) is 9.88. The molecule has 2 heteroatoms. The minimum absolute atomic E-state index is 0.389. The highest BCUT2D eigenvalue weighted by Gasteiger charge is 2.63. The van der Waals surface area contributed by atoms with Gasteiger partial charge in [0, 0.05) is 12.0 Å². The lowest BCUT2D eigenvalue weighted by Crippen LogP contribution is -2.29. The molecule has 1 aromatic carbocycles. The Morgan fingerprint density at radius 1 is 1.33 bits per heavy atom. The summed E-state index contributed by atoms with van der Waals surface area (Å²) in [6.07, 6.45) is 2.52. The molecule has 1 heterocycles. The van der Waals surface area contributed by atoms with E-state index < -0.39 is 0 Å². The van der Waals surface area contributed by atoms with Gasteiger partial charge in [0.1, 0.15) is 5.84 Å². The maximum absolute atomic E-state index is 4.62. The second-order valence-electron chi connectivity index (χ2n) is 4.95. The normalized spacial score (nSPS) is 35.5. The fraction of sp³-hybridized carbons (Fsp3) is 0.462. The van der Waals surface area contributed by atoms with Crippen molar-refractivity contribution < 1.29 is 0 Å². The first-order valence-electron chi connectivity index (χ1n) is 5.77. The van der Waals surface area contributed by atoms with Gasteiger partial charge in [0.15, 0.2) is 0 Å². The molecule has 0 spiro atoms. The van der Waals surface area contributed by atoms with Crippen LogP contribution < -0.4 is 5.32 Å². The Hall–Kier alpha value is -1.31. The lowest BCUT2D eigenvalue weighted by atomic mass is 10.00. The molecule has 76 valence electrons. The summed E-state index contributed by atoms with van der Waals surface area (Å²) in [4.78, 5) is 4.62. The van der Waals surface area contributed by atoms with E-state index in [0.717, 1.165) is 19.0 Å². The summed E-state index contributed by atoms with van der Waals surface area (Å²) in [5.41, 5.74) is 3.51. The molecule has 0 bridgehead atoms. The van der Waals surface area contributed by atoms with E-state index in [2.05, 4.69) is 34.6 Å². The first-order chi connectivity index (χ1) is 7.40. The minimum atomic E-state index is 0.389. The zero-order valence-corrected chi connectivity index (χ0v) is 8.66. The van der Waals surface area contributed by atoms with E-state index >= 15 is 0 Å². The molecule has 3 aliphatic rings. The summed E-state index contributed by atoms with van der Waals surface area (Å²) >= 11 is 0. The van der Waals surface area contributed by atoms with E-state index in [4.69, 9.17) is 0 Å². The van der Waals surface area contributed by atoms with Gasteiger partial charge in [-0.1, -0.05) is 24.3 Å². The van der Waals surface area contributed by atoms with Gasteiger partial charge in [0.05, 0.1) is 6.54 Å². The monoisotopic (exact) mass is 198 g/mol. The topological polar surface area (TPSA) is 24.4 Å². The van der Waals surface area contributed by atoms with Crippen LogP contribution in [-0.4, -0.2) is 18.9 Å². The Morgan fingerprint density at radius 3 is 3.07 bits per heavy atom. The molecule has 2 atom stereocenters. The summed E-state index contributed by atoms with van der Waals surface area (Å²) in [6, 6.07) is 8.89. The van der Waals surface area contributed by atoms with E-state index in [1.807, 2.05) is 0 Å². The lowest BCUT2D eigenvalue weighted by Gasteiger charge is -2.12. The van der Waals surface area contributed by atoms with Gasteiger partial charge in [-0.2, -0.15) is 0 Å². The van der Waals surface area contributed by atoms with Crippen LogP contribution in [0.3, 0.4) is 0 Å². The Morgan fingerprint density at radius 2 is 2.27 bits per heavy atom. The van der Waals surface area contributed by atoms with Crippen LogP contribution in [0.15, 0.2) is 29.3 Å². The predicted molar refractivity (Wildman–Crippen MR) is 60.2 cm³/mol. The van der Waals surface area contributed by atoms with Crippen LogP contribution in [0.4, 0.5) is 0 Å². The average Bonchev–Trinajstić information content (AvgIpc) is 2.70. The summed E-state index contributed by atoms with van der Waals surface area (Å²) in [5.74, 6) is 2.06.